The van der Waals surface area contributed by atoms with E-state index in [1.807, 2.05) is 6.07 Å². The molecule has 1 aromatic carbocycles. The van der Waals surface area contributed by atoms with Crippen molar-refractivity contribution in [2.75, 3.05) is 7.11 Å². The van der Waals surface area contributed by atoms with E-state index in [1.54, 1.807) is 7.11 Å². The summed E-state index contributed by atoms with van der Waals surface area (Å²) in [5.74, 6) is 1.39. The third-order valence-corrected chi connectivity index (χ3v) is 5.16. The Labute approximate surface area is 127 Å². The van der Waals surface area contributed by atoms with Crippen molar-refractivity contribution in [1.29, 1.82) is 0 Å². The Morgan fingerprint density at radius 1 is 1.24 bits per heavy atom. The van der Waals surface area contributed by atoms with Gasteiger partial charge in [-0.2, -0.15) is 0 Å². The van der Waals surface area contributed by atoms with Crippen LogP contribution in [0.15, 0.2) is 24.3 Å². The van der Waals surface area contributed by atoms with Crippen LogP contribution < -0.4 is 4.74 Å². The summed E-state index contributed by atoms with van der Waals surface area (Å²) in [5.41, 5.74) is 4.04. The highest BCUT2D eigenvalue weighted by atomic mass is 16.5. The highest BCUT2D eigenvalue weighted by Gasteiger charge is 2.36. The number of allylic oxidation sites excluding steroid dienone is 2. The summed E-state index contributed by atoms with van der Waals surface area (Å²) in [7, 11) is 1.72. The predicted molar refractivity (Wildman–Crippen MR) is 85.5 cm³/mol. The normalized spacial score (nSPS) is 27.0. The quantitative estimate of drug-likeness (QED) is 0.813. The van der Waals surface area contributed by atoms with Crippen molar-refractivity contribution in [3.63, 3.8) is 0 Å². The number of carbonyl (C=O) groups is 1. The van der Waals surface area contributed by atoms with Gasteiger partial charge < -0.3 is 4.74 Å². The number of methoxy groups -OCH3 is 1. The molecule has 1 fully saturated rings. The Morgan fingerprint density at radius 2 is 2.10 bits per heavy atom. The van der Waals surface area contributed by atoms with Gasteiger partial charge >= 0.3 is 0 Å². The van der Waals surface area contributed by atoms with Crippen LogP contribution in [-0.4, -0.2) is 12.9 Å². The number of benzene rings is 1. The van der Waals surface area contributed by atoms with E-state index in [2.05, 4.69) is 25.1 Å². The van der Waals surface area contributed by atoms with Gasteiger partial charge in [0.25, 0.3) is 0 Å². The first-order chi connectivity index (χ1) is 10.1. The van der Waals surface area contributed by atoms with E-state index >= 15 is 0 Å². The van der Waals surface area contributed by atoms with Crippen molar-refractivity contribution >= 4 is 11.4 Å². The molecule has 2 aliphatic carbocycles. The van der Waals surface area contributed by atoms with Gasteiger partial charge in [-0.3, -0.25) is 4.79 Å². The summed E-state index contributed by atoms with van der Waals surface area (Å²) in [6, 6.07) is 6.38. The molecule has 2 aliphatic rings. The number of fused-ring (bicyclic) bond motifs is 1. The minimum Gasteiger partial charge on any atom is -0.497 e. The van der Waals surface area contributed by atoms with Gasteiger partial charge in [0.15, 0.2) is 0 Å². The zero-order valence-corrected chi connectivity index (χ0v) is 13.1. The van der Waals surface area contributed by atoms with Gasteiger partial charge in [-0.05, 0) is 67.4 Å². The van der Waals surface area contributed by atoms with Gasteiger partial charge in [0.1, 0.15) is 11.5 Å². The number of carbonyl (C=O) groups excluding carboxylic acids is 1. The van der Waals surface area contributed by atoms with Crippen molar-refractivity contribution in [2.24, 2.45) is 5.41 Å². The van der Waals surface area contributed by atoms with Crippen molar-refractivity contribution in [3.8, 4) is 5.75 Å². The molecule has 0 aliphatic heterocycles. The number of Topliss-reactive ketones (excluding diaryl/α,β-unsaturated/α-hetero) is 1. The molecular formula is C19H24O2. The zero-order chi connectivity index (χ0) is 14.9. The maximum Gasteiger partial charge on any atom is 0.139 e. The second-order valence-electron chi connectivity index (χ2n) is 6.65. The van der Waals surface area contributed by atoms with Crippen LogP contribution >= 0.6 is 0 Å². The zero-order valence-electron chi connectivity index (χ0n) is 13.1. The van der Waals surface area contributed by atoms with Crippen LogP contribution in [0.1, 0.15) is 56.6 Å². The molecule has 112 valence electrons. The van der Waals surface area contributed by atoms with Crippen LogP contribution in [-0.2, 0) is 11.2 Å². The molecule has 3 rings (SSSR count). The lowest BCUT2D eigenvalue weighted by Gasteiger charge is -2.23. The van der Waals surface area contributed by atoms with Crippen LogP contribution in [0.4, 0.5) is 0 Å². The number of aryl methyl sites for hydroxylation is 1. The van der Waals surface area contributed by atoms with Gasteiger partial charge in [-0.25, -0.2) is 0 Å². The molecular weight excluding hydrogens is 260 g/mol. The van der Waals surface area contributed by atoms with Crippen LogP contribution in [0.25, 0.3) is 5.57 Å². The first-order valence-electron chi connectivity index (χ1n) is 8.02. The molecule has 2 heteroatoms. The Balaban J connectivity index is 1.84. The Morgan fingerprint density at radius 3 is 2.81 bits per heavy atom. The van der Waals surface area contributed by atoms with Crippen LogP contribution in [0, 0.1) is 5.41 Å². The fraction of sp³-hybridized carbons (Fsp3) is 0.526. The third kappa shape index (κ3) is 2.76. The maximum absolute atomic E-state index is 12.1. The maximum atomic E-state index is 12.1. The molecule has 0 N–H and O–H groups in total. The topological polar surface area (TPSA) is 26.3 Å². The molecule has 0 aromatic heterocycles. The molecule has 21 heavy (non-hydrogen) atoms. The fourth-order valence-corrected chi connectivity index (χ4v) is 3.68. The minimum absolute atomic E-state index is 0.114. The summed E-state index contributed by atoms with van der Waals surface area (Å²) in [6.07, 6.45) is 9.55. The number of hydrogen-bond donors (Lipinski definition) is 0. The van der Waals surface area contributed by atoms with Crippen molar-refractivity contribution in [3.05, 3.63) is 35.4 Å². The van der Waals surface area contributed by atoms with Crippen LogP contribution in [0.3, 0.4) is 0 Å². The van der Waals surface area contributed by atoms with Crippen molar-refractivity contribution in [1.82, 2.24) is 0 Å². The Kier molecular flexibility index (Phi) is 3.88. The SMILES string of the molecule is COc1ccc2c(c1)CCC/C2=C/C[C@]1(C)CCCC1=O. The summed E-state index contributed by atoms with van der Waals surface area (Å²) >= 11 is 0. The molecule has 0 radical (unpaired) electrons. The Bertz CT molecular complexity index is 585. The second-order valence-corrected chi connectivity index (χ2v) is 6.65. The van der Waals surface area contributed by atoms with E-state index in [9.17, 15) is 4.79 Å². The van der Waals surface area contributed by atoms with E-state index in [0.717, 1.165) is 44.3 Å². The van der Waals surface area contributed by atoms with E-state index in [1.165, 1.54) is 23.1 Å². The van der Waals surface area contributed by atoms with E-state index < -0.39 is 0 Å². The standard InChI is InChI=1S/C19H24O2/c1-19(11-4-7-18(19)20)12-10-14-5-3-6-15-13-16(21-2)8-9-17(14)15/h8-10,13H,3-7,11-12H2,1-2H3/b14-10-/t19-/m0/s1. The molecule has 0 heterocycles. The molecule has 0 spiro atoms. The Hall–Kier alpha value is -1.57. The monoisotopic (exact) mass is 284 g/mol. The number of ketones is 1. The first-order valence-corrected chi connectivity index (χ1v) is 8.02. The van der Waals surface area contributed by atoms with E-state index in [-0.39, 0.29) is 5.41 Å². The van der Waals surface area contributed by atoms with Crippen LogP contribution in [0.2, 0.25) is 0 Å². The molecule has 0 amide bonds. The second kappa shape index (κ2) is 5.67. The number of ether oxygens (including phenoxy) is 1. The van der Waals surface area contributed by atoms with Gasteiger partial charge in [0.05, 0.1) is 7.11 Å². The summed E-state index contributed by atoms with van der Waals surface area (Å²) in [5, 5.41) is 0. The van der Waals surface area contributed by atoms with Gasteiger partial charge in [-0.1, -0.05) is 19.1 Å². The molecule has 2 nitrogen and oxygen atoms in total. The average Bonchev–Trinajstić information content (AvgIpc) is 2.84. The molecule has 1 aromatic rings. The minimum atomic E-state index is -0.114. The van der Waals surface area contributed by atoms with Gasteiger partial charge in [0.2, 0.25) is 0 Å². The molecule has 0 saturated heterocycles. The lowest BCUT2D eigenvalue weighted by Crippen LogP contribution is -2.20. The molecule has 1 saturated carbocycles. The highest BCUT2D eigenvalue weighted by Crippen LogP contribution is 2.40. The summed E-state index contributed by atoms with van der Waals surface area (Å²) in [6.45, 7) is 2.14. The van der Waals surface area contributed by atoms with Crippen LogP contribution in [0.5, 0.6) is 5.75 Å². The van der Waals surface area contributed by atoms with Crippen molar-refractivity contribution < 1.29 is 9.53 Å². The molecule has 0 bridgehead atoms. The lowest BCUT2D eigenvalue weighted by atomic mass is 9.81. The molecule has 0 unspecified atom stereocenters. The fourth-order valence-electron chi connectivity index (χ4n) is 3.68. The largest absolute Gasteiger partial charge is 0.497 e. The smallest absolute Gasteiger partial charge is 0.139 e. The van der Waals surface area contributed by atoms with E-state index in [4.69, 9.17) is 4.74 Å². The number of rotatable bonds is 3. The molecule has 1 atom stereocenters. The van der Waals surface area contributed by atoms with Gasteiger partial charge in [0, 0.05) is 11.8 Å². The van der Waals surface area contributed by atoms with Gasteiger partial charge in [-0.15, -0.1) is 0 Å². The first kappa shape index (κ1) is 14.4. The average molecular weight is 284 g/mol. The highest BCUT2D eigenvalue weighted by molar-refractivity contribution is 5.86. The lowest BCUT2D eigenvalue weighted by molar-refractivity contribution is -0.124. The predicted octanol–water partition coefficient (Wildman–Crippen LogP) is 4.56. The number of hydrogen-bond acceptors (Lipinski definition) is 2. The summed E-state index contributed by atoms with van der Waals surface area (Å²) in [4.78, 5) is 12.1. The van der Waals surface area contributed by atoms with E-state index in [0.29, 0.717) is 5.78 Å². The summed E-state index contributed by atoms with van der Waals surface area (Å²) < 4.78 is 5.32. The third-order valence-electron chi connectivity index (χ3n) is 5.16. The van der Waals surface area contributed by atoms with Crippen molar-refractivity contribution in [2.45, 2.75) is 51.9 Å².